The lowest BCUT2D eigenvalue weighted by molar-refractivity contribution is -0.0973. The zero-order chi connectivity index (χ0) is 10.8. The van der Waals surface area contributed by atoms with Gasteiger partial charge in [0.15, 0.2) is 0 Å². The molecule has 0 radical (unpaired) electrons. The minimum absolute atomic E-state index is 0.306. The molecule has 0 aromatic rings. The molecule has 0 aromatic heterocycles. The van der Waals surface area contributed by atoms with E-state index in [1.54, 1.807) is 6.92 Å². The smallest absolute Gasteiger partial charge is 0.323 e. The first-order valence-electron chi connectivity index (χ1n) is 3.31. The van der Waals surface area contributed by atoms with Crippen LogP contribution in [0.25, 0.3) is 0 Å². The van der Waals surface area contributed by atoms with Crippen molar-refractivity contribution in [1.29, 1.82) is 0 Å². The van der Waals surface area contributed by atoms with E-state index < -0.39 is 26.7 Å². The lowest BCUT2D eigenvalue weighted by Crippen LogP contribution is -2.07. The highest BCUT2D eigenvalue weighted by Gasteiger charge is 2.31. The molecule has 1 fully saturated rings. The Morgan fingerprint density at radius 2 is 1.50 bits per heavy atom. The molecule has 1 rings (SSSR count). The van der Waals surface area contributed by atoms with Crippen LogP contribution >= 0.6 is 0 Å². The van der Waals surface area contributed by atoms with Crippen molar-refractivity contribution in [2.75, 3.05) is 0 Å². The summed E-state index contributed by atoms with van der Waals surface area (Å²) in [6, 6.07) is 0. The van der Waals surface area contributed by atoms with Gasteiger partial charge in [-0.25, -0.2) is 0 Å². The first kappa shape index (κ1) is 11.2. The first-order chi connectivity index (χ1) is 6.35. The molecule has 8 nitrogen and oxygen atoms in total. The zero-order valence-electron chi connectivity index (χ0n) is 6.87. The van der Waals surface area contributed by atoms with E-state index in [1.807, 2.05) is 0 Å². The molecule has 0 atom stereocenters. The predicted octanol–water partition coefficient (Wildman–Crippen LogP) is -0.278. The average Bonchev–Trinajstić information content (AvgIpc) is 2.08. The van der Waals surface area contributed by atoms with Gasteiger partial charge in [0.1, 0.15) is 0 Å². The molecule has 0 aromatic carbocycles. The summed E-state index contributed by atoms with van der Waals surface area (Å²) in [6.45, 7) is 1.62. The van der Waals surface area contributed by atoms with E-state index in [0.717, 1.165) is 6.08 Å². The van der Waals surface area contributed by atoms with Crippen LogP contribution in [0.15, 0.2) is 12.0 Å². The maximum absolute atomic E-state index is 10.7. The van der Waals surface area contributed by atoms with Crippen molar-refractivity contribution in [3.8, 4) is 0 Å². The molecule has 1 aliphatic rings. The number of hydrogen-bond acceptors (Lipinski definition) is 8. The fourth-order valence-corrected chi connectivity index (χ4v) is 1.80. The summed E-state index contributed by atoms with van der Waals surface area (Å²) in [5, 5.41) is 0. The molecule has 0 bridgehead atoms. The average molecular weight is 246 g/mol. The Hall–Kier alpha value is -0.840. The molecule has 0 unspecified atom stereocenters. The van der Waals surface area contributed by atoms with Crippen molar-refractivity contribution >= 4 is 20.8 Å². The second-order valence-corrected chi connectivity index (χ2v) is 4.29. The minimum atomic E-state index is -4.56. The zero-order valence-corrected chi connectivity index (χ0v) is 8.50. The molecule has 1 heterocycles. The third kappa shape index (κ3) is 3.14. The molecule has 0 amide bonds. The molecule has 0 saturated carbocycles. The van der Waals surface area contributed by atoms with Gasteiger partial charge in [0.2, 0.25) is 0 Å². The molecule has 82 valence electrons. The summed E-state index contributed by atoms with van der Waals surface area (Å²) >= 11 is 0. The van der Waals surface area contributed by atoms with Gasteiger partial charge in [-0.05, 0) is 12.5 Å². The van der Waals surface area contributed by atoms with Crippen molar-refractivity contribution in [3.05, 3.63) is 12.0 Å². The molecular formula is C4H6O8S2. The molecule has 0 aliphatic carbocycles. The van der Waals surface area contributed by atoms with Crippen molar-refractivity contribution in [2.45, 2.75) is 13.3 Å². The Balaban J connectivity index is 3.05. The minimum Gasteiger partial charge on any atom is -0.323 e. The van der Waals surface area contributed by atoms with Crippen LogP contribution in [-0.2, 0) is 37.8 Å². The van der Waals surface area contributed by atoms with Crippen LogP contribution in [0.3, 0.4) is 0 Å². The molecule has 1 saturated heterocycles. The Bertz CT molecular complexity index is 390. The van der Waals surface area contributed by atoms with Crippen LogP contribution in [0.5, 0.6) is 0 Å². The van der Waals surface area contributed by atoms with Crippen molar-refractivity contribution in [2.24, 2.45) is 0 Å². The highest BCUT2D eigenvalue weighted by atomic mass is 32.3. The van der Waals surface area contributed by atoms with Crippen molar-refractivity contribution in [1.82, 2.24) is 0 Å². The Morgan fingerprint density at radius 1 is 1.07 bits per heavy atom. The highest BCUT2D eigenvalue weighted by Crippen LogP contribution is 2.18. The van der Waals surface area contributed by atoms with E-state index in [2.05, 4.69) is 17.0 Å². The van der Waals surface area contributed by atoms with Gasteiger partial charge in [-0.3, -0.25) is 0 Å². The third-order valence-corrected chi connectivity index (χ3v) is 2.23. The lowest BCUT2D eigenvalue weighted by atomic mass is 10.5. The Morgan fingerprint density at radius 3 is 1.86 bits per heavy atom. The lowest BCUT2D eigenvalue weighted by Gasteiger charge is -1.99. The van der Waals surface area contributed by atoms with Gasteiger partial charge in [0.25, 0.3) is 0 Å². The topological polar surface area (TPSA) is 105 Å². The maximum atomic E-state index is 10.7. The molecule has 1 aliphatic heterocycles. The first-order valence-corrected chi connectivity index (χ1v) is 5.98. The van der Waals surface area contributed by atoms with Gasteiger partial charge >= 0.3 is 26.7 Å². The Kier molecular flexibility index (Phi) is 2.99. The van der Waals surface area contributed by atoms with Crippen LogP contribution < -0.4 is 0 Å². The van der Waals surface area contributed by atoms with Gasteiger partial charge in [-0.15, -0.1) is 0 Å². The molecule has 0 spiro atoms. The van der Waals surface area contributed by atoms with Crippen LogP contribution in [0, 0.1) is 0 Å². The summed E-state index contributed by atoms with van der Waals surface area (Å²) in [7, 11) is -9.11. The second-order valence-electron chi connectivity index (χ2n) is 2.05. The van der Waals surface area contributed by atoms with E-state index >= 15 is 0 Å². The maximum Gasteiger partial charge on any atom is 0.480 e. The summed E-state index contributed by atoms with van der Waals surface area (Å²) in [5.41, 5.74) is 0. The molecule has 10 heteroatoms. The molecule has 0 N–H and O–H groups in total. The van der Waals surface area contributed by atoms with Gasteiger partial charge in [0.05, 0.1) is 0 Å². The number of rotatable bonds is 1. The van der Waals surface area contributed by atoms with E-state index in [0.29, 0.717) is 6.42 Å². The molecule has 14 heavy (non-hydrogen) atoms. The van der Waals surface area contributed by atoms with Crippen LogP contribution in [0.2, 0.25) is 0 Å². The van der Waals surface area contributed by atoms with Crippen molar-refractivity contribution in [3.63, 3.8) is 0 Å². The fraction of sp³-hybridized carbons (Fsp3) is 0.500. The summed E-state index contributed by atoms with van der Waals surface area (Å²) in [5.74, 6) is -0.731. The number of allylic oxidation sites excluding steroid dienone is 1. The second kappa shape index (κ2) is 3.73. The van der Waals surface area contributed by atoms with E-state index in [-0.39, 0.29) is 0 Å². The van der Waals surface area contributed by atoms with Crippen LogP contribution in [0.1, 0.15) is 13.3 Å². The highest BCUT2D eigenvalue weighted by molar-refractivity contribution is 7.84. The van der Waals surface area contributed by atoms with Gasteiger partial charge < -0.3 is 8.37 Å². The van der Waals surface area contributed by atoms with E-state index in [4.69, 9.17) is 0 Å². The summed E-state index contributed by atoms with van der Waals surface area (Å²) in [6.07, 6.45) is 1.40. The molecular weight excluding hydrogens is 240 g/mol. The number of hydrogen-bond donors (Lipinski definition) is 0. The standard InChI is InChI=1S/C4H6O8S2/c1-2-3-4-9-13(5,6)11-12-14(7,8)10-4/h3H,2H2,1H3. The quantitative estimate of drug-likeness (QED) is 0.582. The third-order valence-electron chi connectivity index (χ3n) is 0.934. The normalized spacial score (nSPS) is 24.2. The SMILES string of the molecule is CCC=C1OS(=O)(=O)OOS(=O)(=O)O1. The van der Waals surface area contributed by atoms with Crippen LogP contribution in [-0.4, -0.2) is 16.8 Å². The predicted molar refractivity (Wildman–Crippen MR) is 40.6 cm³/mol. The van der Waals surface area contributed by atoms with Crippen molar-refractivity contribution < 1.29 is 33.9 Å². The van der Waals surface area contributed by atoms with Gasteiger partial charge in [-0.1, -0.05) is 15.6 Å². The Labute approximate surface area is 80.6 Å². The summed E-state index contributed by atoms with van der Waals surface area (Å²) < 4.78 is 57.8. The van der Waals surface area contributed by atoms with Crippen LogP contribution in [0.4, 0.5) is 0 Å². The fourth-order valence-electron chi connectivity index (χ4n) is 0.546. The van der Waals surface area contributed by atoms with Gasteiger partial charge in [-0.2, -0.15) is 16.8 Å². The van der Waals surface area contributed by atoms with E-state index in [1.165, 1.54) is 0 Å². The summed E-state index contributed by atoms with van der Waals surface area (Å²) in [4.78, 5) is 0. The largest absolute Gasteiger partial charge is 0.480 e. The van der Waals surface area contributed by atoms with Gasteiger partial charge in [0, 0.05) is 0 Å². The monoisotopic (exact) mass is 246 g/mol. The van der Waals surface area contributed by atoms with E-state index in [9.17, 15) is 16.8 Å².